The van der Waals surface area contributed by atoms with Crippen LogP contribution in [0.5, 0.6) is 0 Å². The van der Waals surface area contributed by atoms with E-state index in [2.05, 4.69) is 10.3 Å². The second-order valence-corrected chi connectivity index (χ2v) is 5.73. The van der Waals surface area contributed by atoms with Crippen molar-refractivity contribution in [1.82, 2.24) is 4.98 Å². The van der Waals surface area contributed by atoms with Crippen LogP contribution in [0, 0.1) is 10.1 Å². The van der Waals surface area contributed by atoms with Gasteiger partial charge in [0.05, 0.1) is 17.1 Å². The van der Waals surface area contributed by atoms with Crippen molar-refractivity contribution >= 4 is 29.1 Å². The highest BCUT2D eigenvalue weighted by Crippen LogP contribution is 2.13. The molecule has 1 aromatic heterocycles. The van der Waals surface area contributed by atoms with Gasteiger partial charge in [-0.1, -0.05) is 17.7 Å². The monoisotopic (exact) mass is 363 g/mol. The molecule has 2 aromatic rings. The molecule has 25 heavy (non-hydrogen) atoms. The molecule has 0 saturated carbocycles. The predicted octanol–water partition coefficient (Wildman–Crippen LogP) is 4.08. The number of hydrogen-bond donors (Lipinski definition) is 1. The first-order valence-corrected chi connectivity index (χ1v) is 8.21. The minimum Gasteiger partial charge on any atom is -0.462 e. The van der Waals surface area contributed by atoms with Gasteiger partial charge in [0.2, 0.25) is 0 Å². The number of halogens is 1. The summed E-state index contributed by atoms with van der Waals surface area (Å²) in [6.07, 6.45) is 3.72. The van der Waals surface area contributed by atoms with Crippen molar-refractivity contribution in [1.29, 1.82) is 0 Å². The first-order valence-electron chi connectivity index (χ1n) is 7.83. The maximum atomic E-state index is 11.8. The highest BCUT2D eigenvalue weighted by Gasteiger charge is 2.07. The van der Waals surface area contributed by atoms with Crippen molar-refractivity contribution < 1.29 is 14.5 Å². The molecule has 132 valence electrons. The van der Waals surface area contributed by atoms with Crippen LogP contribution >= 0.6 is 11.6 Å². The number of rotatable bonds is 9. The third kappa shape index (κ3) is 6.39. The molecule has 0 unspecified atom stereocenters. The fourth-order valence-electron chi connectivity index (χ4n) is 2.08. The highest BCUT2D eigenvalue weighted by atomic mass is 35.5. The molecule has 2 rings (SSSR count). The minimum atomic E-state index is -0.485. The van der Waals surface area contributed by atoms with Crippen LogP contribution in [0.25, 0.3) is 0 Å². The number of nitrogens with zero attached hydrogens (tertiary/aromatic N) is 2. The molecule has 0 radical (unpaired) electrons. The summed E-state index contributed by atoms with van der Waals surface area (Å²) in [5, 5.41) is 14.1. The van der Waals surface area contributed by atoms with E-state index in [-0.39, 0.29) is 11.7 Å². The molecule has 0 atom stereocenters. The second-order valence-electron chi connectivity index (χ2n) is 5.29. The molecule has 0 saturated heterocycles. The van der Waals surface area contributed by atoms with Gasteiger partial charge in [-0.25, -0.2) is 9.78 Å². The SMILES string of the molecule is O=C(OCCCCCNc1ccc([N+](=O)[O-])cn1)c1cccc(Cl)c1. The Kier molecular flexibility index (Phi) is 7.16. The lowest BCUT2D eigenvalue weighted by atomic mass is 10.2. The van der Waals surface area contributed by atoms with Crippen LogP contribution in [0.15, 0.2) is 42.6 Å². The van der Waals surface area contributed by atoms with Crippen LogP contribution in [0.3, 0.4) is 0 Å². The first kappa shape index (κ1) is 18.7. The fourth-order valence-corrected chi connectivity index (χ4v) is 2.27. The van der Waals surface area contributed by atoms with E-state index in [1.807, 2.05) is 0 Å². The van der Waals surface area contributed by atoms with Gasteiger partial charge in [0.15, 0.2) is 0 Å². The summed E-state index contributed by atoms with van der Waals surface area (Å²) in [5.74, 6) is 0.216. The molecule has 7 nitrogen and oxygen atoms in total. The number of ether oxygens (including phenoxy) is 1. The smallest absolute Gasteiger partial charge is 0.338 e. The summed E-state index contributed by atoms with van der Waals surface area (Å²) in [5.41, 5.74) is 0.408. The van der Waals surface area contributed by atoms with Gasteiger partial charge < -0.3 is 10.1 Å². The number of carbonyl (C=O) groups excluding carboxylic acids is 1. The van der Waals surface area contributed by atoms with Crippen molar-refractivity contribution in [3.05, 3.63) is 63.3 Å². The average Bonchev–Trinajstić information content (AvgIpc) is 2.61. The Balaban J connectivity index is 1.57. The third-order valence-corrected chi connectivity index (χ3v) is 3.61. The Morgan fingerprint density at radius 2 is 2.08 bits per heavy atom. The van der Waals surface area contributed by atoms with Gasteiger partial charge >= 0.3 is 5.97 Å². The molecule has 0 aliphatic carbocycles. The normalized spacial score (nSPS) is 10.3. The highest BCUT2D eigenvalue weighted by molar-refractivity contribution is 6.30. The van der Waals surface area contributed by atoms with Crippen molar-refractivity contribution in [3.63, 3.8) is 0 Å². The summed E-state index contributed by atoms with van der Waals surface area (Å²) in [7, 11) is 0. The van der Waals surface area contributed by atoms with E-state index in [9.17, 15) is 14.9 Å². The summed E-state index contributed by atoms with van der Waals surface area (Å²) in [4.78, 5) is 25.8. The van der Waals surface area contributed by atoms with E-state index in [1.54, 1.807) is 30.3 Å². The molecule has 1 aromatic carbocycles. The number of unbranched alkanes of at least 4 members (excludes halogenated alkanes) is 2. The molecule has 1 heterocycles. The Labute approximate surface area is 150 Å². The fraction of sp³-hybridized carbons (Fsp3) is 0.294. The quantitative estimate of drug-likeness (QED) is 0.312. The molecule has 0 spiro atoms. The predicted molar refractivity (Wildman–Crippen MR) is 95.0 cm³/mol. The first-order chi connectivity index (χ1) is 12.1. The standard InChI is InChI=1S/C17H18ClN3O4/c18-14-6-4-5-13(11-14)17(22)25-10-3-1-2-9-19-16-8-7-15(12-20-16)21(23)24/h4-8,11-12H,1-3,9-10H2,(H,19,20). The van der Waals surface area contributed by atoms with Gasteiger partial charge in [0, 0.05) is 17.6 Å². The number of carbonyl (C=O) groups is 1. The van der Waals surface area contributed by atoms with Crippen LogP contribution in [-0.4, -0.2) is 29.0 Å². The number of hydrogen-bond acceptors (Lipinski definition) is 6. The molecule has 1 N–H and O–H groups in total. The topological polar surface area (TPSA) is 94.4 Å². The lowest BCUT2D eigenvalue weighted by Crippen LogP contribution is -2.07. The van der Waals surface area contributed by atoms with Gasteiger partial charge in [0.1, 0.15) is 12.0 Å². The maximum absolute atomic E-state index is 11.8. The Morgan fingerprint density at radius 3 is 2.76 bits per heavy atom. The molecular formula is C17H18ClN3O4. The zero-order valence-corrected chi connectivity index (χ0v) is 14.2. The number of pyridine rings is 1. The van der Waals surface area contributed by atoms with Crippen LogP contribution in [0.4, 0.5) is 11.5 Å². The van der Waals surface area contributed by atoms with Crippen molar-refractivity contribution in [2.45, 2.75) is 19.3 Å². The number of esters is 1. The molecule has 0 fully saturated rings. The van der Waals surface area contributed by atoms with E-state index in [4.69, 9.17) is 16.3 Å². The number of anilines is 1. The second kappa shape index (κ2) is 9.58. The lowest BCUT2D eigenvalue weighted by Gasteiger charge is -2.06. The van der Waals surface area contributed by atoms with E-state index in [0.717, 1.165) is 19.3 Å². The van der Waals surface area contributed by atoms with E-state index in [1.165, 1.54) is 12.3 Å². The Hall–Kier alpha value is -2.67. The molecule has 0 amide bonds. The van der Waals surface area contributed by atoms with E-state index in [0.29, 0.717) is 29.6 Å². The molecule has 0 aliphatic rings. The van der Waals surface area contributed by atoms with Crippen molar-refractivity contribution in [2.24, 2.45) is 0 Å². The van der Waals surface area contributed by atoms with E-state index >= 15 is 0 Å². The van der Waals surface area contributed by atoms with E-state index < -0.39 is 4.92 Å². The maximum Gasteiger partial charge on any atom is 0.338 e. The summed E-state index contributed by atoms with van der Waals surface area (Å²) >= 11 is 5.83. The Morgan fingerprint density at radius 1 is 1.24 bits per heavy atom. The van der Waals surface area contributed by atoms with Gasteiger partial charge in [-0.3, -0.25) is 10.1 Å². The largest absolute Gasteiger partial charge is 0.462 e. The van der Waals surface area contributed by atoms with Gasteiger partial charge in [-0.05, 0) is 43.5 Å². The molecule has 0 bridgehead atoms. The number of nitrogens with one attached hydrogen (secondary N) is 1. The zero-order valence-electron chi connectivity index (χ0n) is 13.5. The zero-order chi connectivity index (χ0) is 18.1. The van der Waals surface area contributed by atoms with Gasteiger partial charge in [-0.15, -0.1) is 0 Å². The van der Waals surface area contributed by atoms with Crippen LogP contribution < -0.4 is 5.32 Å². The average molecular weight is 364 g/mol. The number of aromatic nitrogens is 1. The third-order valence-electron chi connectivity index (χ3n) is 3.38. The van der Waals surface area contributed by atoms with Crippen molar-refractivity contribution in [2.75, 3.05) is 18.5 Å². The number of nitro groups is 1. The molecular weight excluding hydrogens is 346 g/mol. The Bertz CT molecular complexity index is 722. The summed E-state index contributed by atoms with van der Waals surface area (Å²) < 4.78 is 5.19. The molecule has 8 heteroatoms. The van der Waals surface area contributed by atoms with Crippen LogP contribution in [-0.2, 0) is 4.74 Å². The summed E-state index contributed by atoms with van der Waals surface area (Å²) in [6, 6.07) is 9.62. The van der Waals surface area contributed by atoms with Crippen LogP contribution in [0.1, 0.15) is 29.6 Å². The van der Waals surface area contributed by atoms with Crippen LogP contribution in [0.2, 0.25) is 5.02 Å². The summed E-state index contributed by atoms with van der Waals surface area (Å²) in [6.45, 7) is 1.04. The molecule has 0 aliphatic heterocycles. The van der Waals surface area contributed by atoms with Crippen molar-refractivity contribution in [3.8, 4) is 0 Å². The van der Waals surface area contributed by atoms with Gasteiger partial charge in [-0.2, -0.15) is 0 Å². The lowest BCUT2D eigenvalue weighted by molar-refractivity contribution is -0.385. The number of benzene rings is 1. The van der Waals surface area contributed by atoms with Gasteiger partial charge in [0.25, 0.3) is 5.69 Å². The minimum absolute atomic E-state index is 0.0351.